The maximum atomic E-state index is 10.1. The van der Waals surface area contributed by atoms with Gasteiger partial charge < -0.3 is 0 Å². The summed E-state index contributed by atoms with van der Waals surface area (Å²) in [6.07, 6.45) is 0.400. The van der Waals surface area contributed by atoms with Crippen LogP contribution in [0.4, 0.5) is 0 Å². The van der Waals surface area contributed by atoms with Crippen LogP contribution >= 0.6 is 0 Å². The zero-order valence-electron chi connectivity index (χ0n) is 15.5. The van der Waals surface area contributed by atoms with Crippen LogP contribution in [-0.4, -0.2) is 45.0 Å². The van der Waals surface area contributed by atoms with E-state index in [1.54, 1.807) is 0 Å². The minimum atomic E-state index is -0.355. The first-order chi connectivity index (χ1) is 12.6. The van der Waals surface area contributed by atoms with Gasteiger partial charge in [-0.05, 0) is 0 Å². The molecule has 3 nitrogen and oxygen atoms in total. The molecule has 3 rings (SSSR count). The number of benzene rings is 2. The molecule has 0 bridgehead atoms. The SMILES string of the molecule is C[C@@H]1O[C@@H]([C@H]([Se]c2ccccc2)[C@@H](C)COCc2ccccc2)C[C@@H]1O. The zero-order valence-corrected chi connectivity index (χ0v) is 17.2. The molecule has 26 heavy (non-hydrogen) atoms. The minimum absolute atomic E-state index is 0.0773. The van der Waals surface area contributed by atoms with Gasteiger partial charge in [0.25, 0.3) is 0 Å². The van der Waals surface area contributed by atoms with Crippen molar-refractivity contribution in [3.63, 3.8) is 0 Å². The van der Waals surface area contributed by atoms with Crippen LogP contribution in [-0.2, 0) is 16.1 Å². The summed E-state index contributed by atoms with van der Waals surface area (Å²) >= 11 is 0.283. The summed E-state index contributed by atoms with van der Waals surface area (Å²) in [5, 5.41) is 10.1. The summed E-state index contributed by atoms with van der Waals surface area (Å²) < 4.78 is 13.5. The van der Waals surface area contributed by atoms with E-state index in [0.717, 1.165) is 6.42 Å². The third kappa shape index (κ3) is 5.42. The Hall–Kier alpha value is -1.16. The number of rotatable bonds is 8. The van der Waals surface area contributed by atoms with Crippen LogP contribution in [0.25, 0.3) is 0 Å². The van der Waals surface area contributed by atoms with E-state index >= 15 is 0 Å². The molecule has 1 saturated heterocycles. The van der Waals surface area contributed by atoms with E-state index in [0.29, 0.717) is 23.9 Å². The van der Waals surface area contributed by atoms with Gasteiger partial charge in [0.15, 0.2) is 0 Å². The fraction of sp³-hybridized carbons (Fsp3) is 0.455. The number of hydrogen-bond acceptors (Lipinski definition) is 3. The van der Waals surface area contributed by atoms with Gasteiger partial charge in [0, 0.05) is 0 Å². The molecule has 0 amide bonds. The van der Waals surface area contributed by atoms with Crippen LogP contribution in [0.3, 0.4) is 0 Å². The molecule has 1 aliphatic heterocycles. The molecule has 5 atom stereocenters. The van der Waals surface area contributed by atoms with E-state index in [1.807, 2.05) is 25.1 Å². The van der Waals surface area contributed by atoms with Gasteiger partial charge in [-0.3, -0.25) is 0 Å². The van der Waals surface area contributed by atoms with E-state index in [1.165, 1.54) is 10.0 Å². The van der Waals surface area contributed by atoms with Crippen LogP contribution in [0.1, 0.15) is 25.8 Å². The normalized spacial score (nSPS) is 25.1. The summed E-state index contributed by atoms with van der Waals surface area (Å²) in [5.74, 6) is 0.376. The molecule has 0 aromatic heterocycles. The Labute approximate surface area is 162 Å². The molecule has 1 N–H and O–H groups in total. The van der Waals surface area contributed by atoms with Gasteiger partial charge in [0.1, 0.15) is 0 Å². The van der Waals surface area contributed by atoms with Gasteiger partial charge in [-0.1, -0.05) is 0 Å². The third-order valence-corrected chi connectivity index (χ3v) is 8.16. The van der Waals surface area contributed by atoms with Gasteiger partial charge in [0.2, 0.25) is 0 Å². The molecule has 0 saturated carbocycles. The topological polar surface area (TPSA) is 38.7 Å². The summed E-state index contributed by atoms with van der Waals surface area (Å²) in [5.41, 5.74) is 1.20. The van der Waals surface area contributed by atoms with Crippen molar-refractivity contribution >= 4 is 19.4 Å². The zero-order chi connectivity index (χ0) is 18.4. The molecule has 140 valence electrons. The number of aliphatic hydroxyl groups is 1. The van der Waals surface area contributed by atoms with Crippen LogP contribution in [0.2, 0.25) is 4.82 Å². The van der Waals surface area contributed by atoms with Crippen molar-refractivity contribution in [1.29, 1.82) is 0 Å². The number of aliphatic hydroxyl groups excluding tert-OH is 1. The van der Waals surface area contributed by atoms with Crippen molar-refractivity contribution in [3.05, 3.63) is 66.2 Å². The van der Waals surface area contributed by atoms with Crippen molar-refractivity contribution in [2.75, 3.05) is 6.61 Å². The van der Waals surface area contributed by atoms with E-state index in [2.05, 4.69) is 49.4 Å². The Morgan fingerprint density at radius 2 is 1.77 bits per heavy atom. The first-order valence-electron chi connectivity index (χ1n) is 9.30. The van der Waals surface area contributed by atoms with Crippen LogP contribution in [0.15, 0.2) is 60.7 Å². The van der Waals surface area contributed by atoms with E-state index < -0.39 is 0 Å². The van der Waals surface area contributed by atoms with Crippen LogP contribution in [0, 0.1) is 5.92 Å². The van der Waals surface area contributed by atoms with Gasteiger partial charge in [-0.15, -0.1) is 0 Å². The molecule has 1 fully saturated rings. The van der Waals surface area contributed by atoms with Gasteiger partial charge in [-0.25, -0.2) is 0 Å². The Kier molecular flexibility index (Phi) is 7.30. The fourth-order valence-electron chi connectivity index (χ4n) is 3.31. The molecule has 0 unspecified atom stereocenters. The summed E-state index contributed by atoms with van der Waals surface area (Å²) in [6, 6.07) is 20.9. The number of hydrogen-bond donors (Lipinski definition) is 1. The van der Waals surface area contributed by atoms with Crippen LogP contribution < -0.4 is 4.46 Å². The van der Waals surface area contributed by atoms with E-state index in [4.69, 9.17) is 9.47 Å². The number of ether oxygens (including phenoxy) is 2. The van der Waals surface area contributed by atoms with Gasteiger partial charge in [-0.2, -0.15) is 0 Å². The van der Waals surface area contributed by atoms with Crippen molar-refractivity contribution in [3.8, 4) is 0 Å². The standard InChI is InChI=1S/C22H28O3Se/c1-16(14-24-15-18-9-5-3-6-10-18)22(21-13-20(23)17(2)25-21)26-19-11-7-4-8-12-19/h3-12,16-17,20-23H,13-15H2,1-2H3/t16-,17-,20-,21+,22+/m0/s1. The second-order valence-corrected chi connectivity index (χ2v) is 9.68. The molecule has 4 heteroatoms. The molecule has 2 aromatic rings. The summed E-state index contributed by atoms with van der Waals surface area (Å²) in [7, 11) is 0. The van der Waals surface area contributed by atoms with Crippen molar-refractivity contribution in [2.45, 2.75) is 50.0 Å². The van der Waals surface area contributed by atoms with E-state index in [9.17, 15) is 5.11 Å². The van der Waals surface area contributed by atoms with Gasteiger partial charge >= 0.3 is 163 Å². The van der Waals surface area contributed by atoms with Crippen LogP contribution in [0.5, 0.6) is 0 Å². The second-order valence-electron chi connectivity index (χ2n) is 7.06. The summed E-state index contributed by atoms with van der Waals surface area (Å²) in [4.78, 5) is 0.389. The third-order valence-electron chi connectivity index (χ3n) is 4.84. The molecule has 2 aromatic carbocycles. The monoisotopic (exact) mass is 420 g/mol. The predicted octanol–water partition coefficient (Wildman–Crippen LogP) is 3.20. The maximum absolute atomic E-state index is 10.1. The van der Waals surface area contributed by atoms with Gasteiger partial charge in [0.05, 0.1) is 0 Å². The fourth-order valence-corrected chi connectivity index (χ4v) is 5.97. The quantitative estimate of drug-likeness (QED) is 0.668. The second kappa shape index (κ2) is 9.68. The molecule has 1 heterocycles. The molecule has 0 spiro atoms. The molecule has 0 aliphatic carbocycles. The Morgan fingerprint density at radius 1 is 1.12 bits per heavy atom. The Bertz CT molecular complexity index is 639. The Morgan fingerprint density at radius 3 is 2.38 bits per heavy atom. The molecule has 1 aliphatic rings. The van der Waals surface area contributed by atoms with E-state index in [-0.39, 0.29) is 33.3 Å². The first-order valence-corrected chi connectivity index (χ1v) is 11.1. The van der Waals surface area contributed by atoms with Crippen molar-refractivity contribution in [1.82, 2.24) is 0 Å². The predicted molar refractivity (Wildman–Crippen MR) is 106 cm³/mol. The Balaban J connectivity index is 1.62. The molecular weight excluding hydrogens is 391 g/mol. The molecular formula is C22H28O3Se. The average Bonchev–Trinajstić information content (AvgIpc) is 3.00. The molecule has 0 radical (unpaired) electrons. The van der Waals surface area contributed by atoms with Crippen molar-refractivity contribution < 1.29 is 14.6 Å². The van der Waals surface area contributed by atoms with Crippen molar-refractivity contribution in [2.24, 2.45) is 5.92 Å². The summed E-state index contributed by atoms with van der Waals surface area (Å²) in [6.45, 7) is 5.56. The average molecular weight is 419 g/mol. The first kappa shape index (κ1) is 19.6.